The van der Waals surface area contributed by atoms with Gasteiger partial charge in [-0.15, -0.1) is 0 Å². The van der Waals surface area contributed by atoms with Crippen LogP contribution in [0, 0.1) is 5.82 Å². The zero-order valence-electron chi connectivity index (χ0n) is 11.4. The number of benzene rings is 1. The molecule has 0 saturated heterocycles. The van der Waals surface area contributed by atoms with Crippen LogP contribution in [0.1, 0.15) is 10.5 Å². The fourth-order valence-corrected chi connectivity index (χ4v) is 1.66. The van der Waals surface area contributed by atoms with Crippen LogP contribution in [0.3, 0.4) is 0 Å². The molecule has 0 unspecified atom stereocenters. The van der Waals surface area contributed by atoms with E-state index in [1.165, 1.54) is 36.5 Å². The van der Waals surface area contributed by atoms with Crippen LogP contribution in [-0.2, 0) is 0 Å². The third-order valence-corrected chi connectivity index (χ3v) is 2.71. The fraction of sp³-hybridized carbons (Fsp3) is 0.214. The van der Waals surface area contributed by atoms with Crippen LogP contribution in [0.5, 0.6) is 5.75 Å². The number of carbonyl (C=O) groups is 1. The summed E-state index contributed by atoms with van der Waals surface area (Å²) in [5.41, 5.74) is 1.17. The van der Waals surface area contributed by atoms with Crippen molar-refractivity contribution in [2.45, 2.75) is 0 Å². The molecule has 5 nitrogen and oxygen atoms in total. The number of ether oxygens (including phenoxy) is 1. The highest BCUT2D eigenvalue weighted by Crippen LogP contribution is 2.23. The Labute approximate surface area is 116 Å². The van der Waals surface area contributed by atoms with E-state index in [1.54, 1.807) is 20.2 Å². The maximum absolute atomic E-state index is 13.7. The average molecular weight is 275 g/mol. The van der Waals surface area contributed by atoms with Gasteiger partial charge in [-0.05, 0) is 18.2 Å². The number of nitrogens with zero attached hydrogens (tertiary/aromatic N) is 3. The Kier molecular flexibility index (Phi) is 3.93. The van der Waals surface area contributed by atoms with E-state index in [1.807, 2.05) is 0 Å². The molecule has 0 atom stereocenters. The van der Waals surface area contributed by atoms with Crippen LogP contribution in [0.4, 0.5) is 4.39 Å². The molecule has 20 heavy (non-hydrogen) atoms. The molecule has 6 heteroatoms. The topological polar surface area (TPSA) is 55.3 Å². The van der Waals surface area contributed by atoms with Gasteiger partial charge in [0.05, 0.1) is 25.2 Å². The molecule has 104 valence electrons. The number of carbonyl (C=O) groups excluding carboxylic acids is 1. The molecule has 0 bridgehead atoms. The number of methoxy groups -OCH3 is 1. The lowest BCUT2D eigenvalue weighted by atomic mass is 10.1. The van der Waals surface area contributed by atoms with Crippen molar-refractivity contribution in [3.63, 3.8) is 0 Å². The van der Waals surface area contributed by atoms with E-state index in [0.717, 1.165) is 0 Å². The van der Waals surface area contributed by atoms with E-state index in [2.05, 4.69) is 9.97 Å². The number of amides is 1. The predicted octanol–water partition coefficient (Wildman–Crippen LogP) is 1.99. The maximum atomic E-state index is 13.7. The summed E-state index contributed by atoms with van der Waals surface area (Å²) in [5.74, 6) is -0.591. The predicted molar refractivity (Wildman–Crippen MR) is 72.0 cm³/mol. The lowest BCUT2D eigenvalue weighted by Crippen LogP contribution is -2.23. The summed E-state index contributed by atoms with van der Waals surface area (Å²) in [6.07, 6.45) is 2.86. The molecule has 2 rings (SSSR count). The van der Waals surface area contributed by atoms with Crippen LogP contribution >= 0.6 is 0 Å². The lowest BCUT2D eigenvalue weighted by molar-refractivity contribution is 0.0821. The van der Waals surface area contributed by atoms with E-state index >= 15 is 0 Å². The molecular formula is C14H14FN3O2. The monoisotopic (exact) mass is 275 g/mol. The van der Waals surface area contributed by atoms with E-state index in [4.69, 9.17) is 4.74 Å². The van der Waals surface area contributed by atoms with Gasteiger partial charge in [-0.1, -0.05) is 0 Å². The second-order valence-electron chi connectivity index (χ2n) is 4.34. The first-order valence-electron chi connectivity index (χ1n) is 5.90. The molecule has 1 aromatic heterocycles. The minimum Gasteiger partial charge on any atom is -0.494 e. The van der Waals surface area contributed by atoms with Crippen LogP contribution < -0.4 is 4.74 Å². The first kappa shape index (κ1) is 13.9. The zero-order chi connectivity index (χ0) is 14.7. The second kappa shape index (κ2) is 5.64. The summed E-state index contributed by atoms with van der Waals surface area (Å²) < 4.78 is 18.5. The molecule has 0 aliphatic heterocycles. The minimum absolute atomic E-state index is 0.155. The van der Waals surface area contributed by atoms with Gasteiger partial charge in [-0.25, -0.2) is 9.37 Å². The van der Waals surface area contributed by atoms with Crippen molar-refractivity contribution in [1.29, 1.82) is 0 Å². The van der Waals surface area contributed by atoms with Gasteiger partial charge in [0.2, 0.25) is 0 Å². The van der Waals surface area contributed by atoms with Gasteiger partial charge in [-0.3, -0.25) is 9.78 Å². The molecule has 0 spiro atoms. The average Bonchev–Trinajstić information content (AvgIpc) is 2.46. The number of hydrogen-bond donors (Lipinski definition) is 0. The van der Waals surface area contributed by atoms with Crippen LogP contribution in [0.15, 0.2) is 30.6 Å². The van der Waals surface area contributed by atoms with Crippen LogP contribution in [0.25, 0.3) is 11.3 Å². The summed E-state index contributed by atoms with van der Waals surface area (Å²) in [4.78, 5) is 21.4. The number of hydrogen-bond acceptors (Lipinski definition) is 4. The largest absolute Gasteiger partial charge is 0.494 e. The smallest absolute Gasteiger partial charge is 0.273 e. The quantitative estimate of drug-likeness (QED) is 0.859. The van der Waals surface area contributed by atoms with Gasteiger partial charge in [-0.2, -0.15) is 0 Å². The highest BCUT2D eigenvalue weighted by atomic mass is 19.1. The molecule has 0 N–H and O–H groups in total. The van der Waals surface area contributed by atoms with Gasteiger partial charge in [0, 0.05) is 19.7 Å². The van der Waals surface area contributed by atoms with Gasteiger partial charge >= 0.3 is 0 Å². The van der Waals surface area contributed by atoms with E-state index in [0.29, 0.717) is 11.3 Å². The molecule has 0 saturated carbocycles. The Morgan fingerprint density at radius 2 is 2.05 bits per heavy atom. The third kappa shape index (κ3) is 2.74. The molecule has 0 aliphatic rings. The zero-order valence-corrected chi connectivity index (χ0v) is 11.4. The molecule has 1 heterocycles. The number of halogens is 1. The highest BCUT2D eigenvalue weighted by Gasteiger charge is 2.12. The molecule has 0 radical (unpaired) electrons. The van der Waals surface area contributed by atoms with Gasteiger partial charge in [0.15, 0.2) is 11.6 Å². The highest BCUT2D eigenvalue weighted by molar-refractivity contribution is 5.92. The Balaban J connectivity index is 2.41. The lowest BCUT2D eigenvalue weighted by Gasteiger charge is -2.10. The Hall–Kier alpha value is -2.50. The summed E-state index contributed by atoms with van der Waals surface area (Å²) in [7, 11) is 4.65. The van der Waals surface area contributed by atoms with Crippen molar-refractivity contribution in [2.75, 3.05) is 21.2 Å². The first-order valence-corrected chi connectivity index (χ1v) is 5.90. The van der Waals surface area contributed by atoms with Crippen LogP contribution in [0.2, 0.25) is 0 Å². The van der Waals surface area contributed by atoms with Gasteiger partial charge in [0.1, 0.15) is 5.69 Å². The van der Waals surface area contributed by atoms with Gasteiger partial charge in [0.25, 0.3) is 5.91 Å². The molecule has 0 aliphatic carbocycles. The van der Waals surface area contributed by atoms with Crippen molar-refractivity contribution in [1.82, 2.24) is 14.9 Å². The standard InChI is InChI=1S/C14H14FN3O2/c1-18(2)14(19)12-8-16-7-11(17-12)9-4-5-13(20-3)10(15)6-9/h4-8H,1-3H3. The summed E-state index contributed by atoms with van der Waals surface area (Å²) in [5, 5.41) is 0. The molecule has 1 amide bonds. The summed E-state index contributed by atoms with van der Waals surface area (Å²) in [6.45, 7) is 0. The Morgan fingerprint density at radius 1 is 1.30 bits per heavy atom. The third-order valence-electron chi connectivity index (χ3n) is 2.71. The van der Waals surface area contributed by atoms with Crippen LogP contribution in [-0.4, -0.2) is 42.0 Å². The van der Waals surface area contributed by atoms with E-state index < -0.39 is 5.82 Å². The van der Waals surface area contributed by atoms with Crippen molar-refractivity contribution < 1.29 is 13.9 Å². The Bertz CT molecular complexity index is 644. The number of aromatic nitrogens is 2. The second-order valence-corrected chi connectivity index (χ2v) is 4.34. The van der Waals surface area contributed by atoms with Crippen molar-refractivity contribution in [3.8, 4) is 17.0 Å². The summed E-state index contributed by atoms with van der Waals surface area (Å²) in [6, 6.07) is 4.47. The normalized spacial score (nSPS) is 10.2. The fourth-order valence-electron chi connectivity index (χ4n) is 1.66. The first-order chi connectivity index (χ1) is 9.52. The van der Waals surface area contributed by atoms with Crippen molar-refractivity contribution >= 4 is 5.91 Å². The van der Waals surface area contributed by atoms with Gasteiger partial charge < -0.3 is 9.64 Å². The molecule has 1 aromatic carbocycles. The summed E-state index contributed by atoms with van der Waals surface area (Å²) >= 11 is 0. The van der Waals surface area contributed by atoms with E-state index in [9.17, 15) is 9.18 Å². The van der Waals surface area contributed by atoms with Crippen molar-refractivity contribution in [2.24, 2.45) is 0 Å². The van der Waals surface area contributed by atoms with E-state index in [-0.39, 0.29) is 17.4 Å². The minimum atomic E-state index is -0.490. The SMILES string of the molecule is COc1ccc(-c2cncc(C(=O)N(C)C)n2)cc1F. The molecular weight excluding hydrogens is 261 g/mol. The Morgan fingerprint density at radius 3 is 2.65 bits per heavy atom. The number of rotatable bonds is 3. The molecule has 2 aromatic rings. The molecule has 0 fully saturated rings. The van der Waals surface area contributed by atoms with Crippen molar-refractivity contribution in [3.05, 3.63) is 42.1 Å². The maximum Gasteiger partial charge on any atom is 0.273 e.